The zero-order valence-electron chi connectivity index (χ0n) is 10.9. The molecule has 1 saturated heterocycles. The van der Waals surface area contributed by atoms with Crippen molar-refractivity contribution in [3.8, 4) is 0 Å². The van der Waals surface area contributed by atoms with Crippen LogP contribution in [0.5, 0.6) is 0 Å². The lowest BCUT2D eigenvalue weighted by molar-refractivity contribution is -0.137. The van der Waals surface area contributed by atoms with Crippen molar-refractivity contribution < 1.29 is 14.7 Å². The van der Waals surface area contributed by atoms with Gasteiger partial charge in [0.25, 0.3) is 5.91 Å². The maximum atomic E-state index is 12.2. The van der Waals surface area contributed by atoms with Crippen molar-refractivity contribution in [1.82, 2.24) is 4.90 Å². The van der Waals surface area contributed by atoms with E-state index in [1.54, 1.807) is 18.2 Å². The molecule has 0 aromatic heterocycles. The summed E-state index contributed by atoms with van der Waals surface area (Å²) < 4.78 is 0.457. The number of hydrogen-bond donors (Lipinski definition) is 1. The van der Waals surface area contributed by atoms with Crippen molar-refractivity contribution in [2.75, 3.05) is 6.54 Å². The molecule has 0 atom stereocenters. The van der Waals surface area contributed by atoms with Gasteiger partial charge in [0, 0.05) is 18.0 Å². The van der Waals surface area contributed by atoms with Gasteiger partial charge >= 0.3 is 5.97 Å². The zero-order valence-corrected chi connectivity index (χ0v) is 13.3. The summed E-state index contributed by atoms with van der Waals surface area (Å²) in [6, 6.07) is 7.18. The lowest BCUT2D eigenvalue weighted by atomic mass is 10.2. The first-order chi connectivity index (χ1) is 9.97. The molecule has 1 amide bonds. The van der Waals surface area contributed by atoms with Gasteiger partial charge in [-0.25, -0.2) is 0 Å². The second-order valence-corrected chi connectivity index (χ2v) is 6.50. The Balaban J connectivity index is 2.08. The van der Waals surface area contributed by atoms with Crippen LogP contribution >= 0.6 is 35.6 Å². The highest BCUT2D eigenvalue weighted by atomic mass is 35.5. The molecule has 2 rings (SSSR count). The fourth-order valence-corrected chi connectivity index (χ4v) is 3.34. The van der Waals surface area contributed by atoms with Gasteiger partial charge in [-0.15, -0.1) is 0 Å². The molecule has 0 bridgehead atoms. The molecule has 1 aromatic rings. The molecule has 0 aliphatic carbocycles. The van der Waals surface area contributed by atoms with Crippen LogP contribution < -0.4 is 0 Å². The summed E-state index contributed by atoms with van der Waals surface area (Å²) in [5.74, 6) is -1.06. The normalized spacial score (nSPS) is 16.8. The third-order valence-corrected chi connectivity index (χ3v) is 4.41. The molecule has 0 spiro atoms. The number of thiocarbonyl (C=S) groups is 1. The SMILES string of the molecule is O=C(O)CCCN1C(=O)/C(=C\c2cccc(Cl)c2)SC1=S. The number of carboxylic acids is 1. The van der Waals surface area contributed by atoms with Gasteiger partial charge in [0.2, 0.25) is 0 Å². The number of carboxylic acid groups (broad SMARTS) is 1. The summed E-state index contributed by atoms with van der Waals surface area (Å²) >= 11 is 12.3. The van der Waals surface area contributed by atoms with Crippen molar-refractivity contribution in [2.24, 2.45) is 0 Å². The quantitative estimate of drug-likeness (QED) is 0.657. The van der Waals surface area contributed by atoms with Crippen molar-refractivity contribution in [3.63, 3.8) is 0 Å². The molecule has 1 N–H and O–H groups in total. The van der Waals surface area contributed by atoms with Crippen LogP contribution in [-0.4, -0.2) is 32.7 Å². The zero-order chi connectivity index (χ0) is 15.4. The van der Waals surface area contributed by atoms with E-state index in [9.17, 15) is 9.59 Å². The molecule has 110 valence electrons. The van der Waals surface area contributed by atoms with E-state index < -0.39 is 5.97 Å². The second kappa shape index (κ2) is 7.06. The molecule has 1 heterocycles. The average molecular weight is 342 g/mol. The first-order valence-corrected chi connectivity index (χ1v) is 7.80. The smallest absolute Gasteiger partial charge is 0.303 e. The summed E-state index contributed by atoms with van der Waals surface area (Å²) in [5.41, 5.74) is 0.827. The summed E-state index contributed by atoms with van der Waals surface area (Å²) in [4.78, 5) is 24.7. The van der Waals surface area contributed by atoms with Gasteiger partial charge in [-0.1, -0.05) is 47.7 Å². The molecule has 0 unspecified atom stereocenters. The van der Waals surface area contributed by atoms with Gasteiger partial charge in [0.05, 0.1) is 4.91 Å². The van der Waals surface area contributed by atoms with Crippen molar-refractivity contribution in [1.29, 1.82) is 0 Å². The van der Waals surface area contributed by atoms with Crippen LogP contribution in [0.1, 0.15) is 18.4 Å². The van der Waals surface area contributed by atoms with Crippen LogP contribution in [0.4, 0.5) is 0 Å². The molecule has 1 aliphatic rings. The van der Waals surface area contributed by atoms with E-state index in [1.165, 1.54) is 16.7 Å². The molecular weight excluding hydrogens is 330 g/mol. The van der Waals surface area contributed by atoms with E-state index in [4.69, 9.17) is 28.9 Å². The number of thioether (sulfide) groups is 1. The van der Waals surface area contributed by atoms with Crippen molar-refractivity contribution in [3.05, 3.63) is 39.8 Å². The highest BCUT2D eigenvalue weighted by Gasteiger charge is 2.31. The predicted molar refractivity (Wildman–Crippen MR) is 88.2 cm³/mol. The Bertz CT molecular complexity index is 630. The number of carbonyl (C=O) groups is 2. The summed E-state index contributed by atoms with van der Waals surface area (Å²) in [7, 11) is 0. The third-order valence-electron chi connectivity index (χ3n) is 2.79. The Morgan fingerprint density at radius 2 is 2.24 bits per heavy atom. The highest BCUT2D eigenvalue weighted by Crippen LogP contribution is 2.32. The summed E-state index contributed by atoms with van der Waals surface area (Å²) in [6.45, 7) is 0.323. The third kappa shape index (κ3) is 4.30. The van der Waals surface area contributed by atoms with Crippen LogP contribution in [0, 0.1) is 0 Å². The van der Waals surface area contributed by atoms with E-state index in [0.717, 1.165) is 5.56 Å². The first kappa shape index (κ1) is 16.0. The van der Waals surface area contributed by atoms with Crippen LogP contribution in [0.3, 0.4) is 0 Å². The van der Waals surface area contributed by atoms with Crippen molar-refractivity contribution >= 4 is 57.9 Å². The minimum absolute atomic E-state index is 0.0183. The molecule has 1 aliphatic heterocycles. The predicted octanol–water partition coefficient (Wildman–Crippen LogP) is 3.41. The monoisotopic (exact) mass is 341 g/mol. The average Bonchev–Trinajstić information content (AvgIpc) is 2.66. The number of benzene rings is 1. The van der Waals surface area contributed by atoms with Gasteiger partial charge in [0.1, 0.15) is 4.32 Å². The van der Waals surface area contributed by atoms with Gasteiger partial charge in [0.15, 0.2) is 0 Å². The Morgan fingerprint density at radius 3 is 2.90 bits per heavy atom. The minimum atomic E-state index is -0.880. The van der Waals surface area contributed by atoms with Gasteiger partial charge in [-0.05, 0) is 30.2 Å². The number of amides is 1. The summed E-state index contributed by atoms with van der Waals surface area (Å²) in [6.07, 6.45) is 2.14. The topological polar surface area (TPSA) is 57.6 Å². The maximum Gasteiger partial charge on any atom is 0.303 e. The van der Waals surface area contributed by atoms with Crippen LogP contribution in [0.25, 0.3) is 6.08 Å². The molecular formula is C14H12ClNO3S2. The lowest BCUT2D eigenvalue weighted by Gasteiger charge is -2.13. The second-order valence-electron chi connectivity index (χ2n) is 4.39. The lowest BCUT2D eigenvalue weighted by Crippen LogP contribution is -2.29. The molecule has 0 radical (unpaired) electrons. The Morgan fingerprint density at radius 1 is 1.48 bits per heavy atom. The van der Waals surface area contributed by atoms with Gasteiger partial charge < -0.3 is 5.11 Å². The molecule has 1 fully saturated rings. The van der Waals surface area contributed by atoms with E-state index in [0.29, 0.717) is 27.2 Å². The number of halogens is 1. The van der Waals surface area contributed by atoms with E-state index in [-0.39, 0.29) is 12.3 Å². The Labute approximate surface area is 136 Å². The van der Waals surface area contributed by atoms with Crippen LogP contribution in [0.15, 0.2) is 29.2 Å². The minimum Gasteiger partial charge on any atom is -0.481 e. The van der Waals surface area contributed by atoms with Crippen LogP contribution in [-0.2, 0) is 9.59 Å². The van der Waals surface area contributed by atoms with Crippen LogP contribution in [0.2, 0.25) is 5.02 Å². The van der Waals surface area contributed by atoms with Crippen molar-refractivity contribution in [2.45, 2.75) is 12.8 Å². The molecule has 1 aromatic carbocycles. The number of rotatable bonds is 5. The fourth-order valence-electron chi connectivity index (χ4n) is 1.83. The molecule has 21 heavy (non-hydrogen) atoms. The standard InChI is InChI=1S/C14H12ClNO3S2/c15-10-4-1-3-9(7-10)8-11-13(19)16(14(20)21-11)6-2-5-12(17)18/h1,3-4,7-8H,2,5-6H2,(H,17,18)/b11-8+. The first-order valence-electron chi connectivity index (χ1n) is 6.20. The number of hydrogen-bond acceptors (Lipinski definition) is 4. The largest absolute Gasteiger partial charge is 0.481 e. The van der Waals surface area contributed by atoms with Gasteiger partial charge in [-0.3, -0.25) is 14.5 Å². The summed E-state index contributed by atoms with van der Waals surface area (Å²) in [5, 5.41) is 9.22. The van der Waals surface area contributed by atoms with E-state index in [1.807, 2.05) is 12.1 Å². The highest BCUT2D eigenvalue weighted by molar-refractivity contribution is 8.26. The van der Waals surface area contributed by atoms with Gasteiger partial charge in [-0.2, -0.15) is 0 Å². The molecule has 4 nitrogen and oxygen atoms in total. The number of aliphatic carboxylic acids is 1. The Kier molecular flexibility index (Phi) is 5.39. The number of nitrogens with zero attached hydrogens (tertiary/aromatic N) is 1. The maximum absolute atomic E-state index is 12.2. The molecule has 7 heteroatoms. The van der Waals surface area contributed by atoms with E-state index >= 15 is 0 Å². The fraction of sp³-hybridized carbons (Fsp3) is 0.214. The van der Waals surface area contributed by atoms with E-state index in [2.05, 4.69) is 0 Å². The Hall–Kier alpha value is -1.37. The molecule has 0 saturated carbocycles. The number of carbonyl (C=O) groups excluding carboxylic acids is 1.